The Labute approximate surface area is 161 Å². The lowest BCUT2D eigenvalue weighted by molar-refractivity contribution is -0.135. The second-order valence-electron chi connectivity index (χ2n) is 7.25. The number of para-hydroxylation sites is 2. The monoisotopic (exact) mass is 377 g/mol. The predicted octanol–water partition coefficient (Wildman–Crippen LogP) is 1.81. The van der Waals surface area contributed by atoms with Crippen LogP contribution in [0.25, 0.3) is 0 Å². The van der Waals surface area contributed by atoms with E-state index in [2.05, 4.69) is 5.32 Å². The van der Waals surface area contributed by atoms with Crippen LogP contribution in [0.1, 0.15) is 17.5 Å². The van der Waals surface area contributed by atoms with E-state index in [1.54, 1.807) is 17.0 Å². The first-order chi connectivity index (χ1) is 13.6. The minimum absolute atomic E-state index is 0.258. The molecular formula is C21H19N3O4. The van der Waals surface area contributed by atoms with Crippen LogP contribution >= 0.6 is 0 Å². The molecule has 0 bridgehead atoms. The molecule has 1 spiro atoms. The molecule has 3 aliphatic rings. The van der Waals surface area contributed by atoms with Gasteiger partial charge in [-0.15, -0.1) is 0 Å². The predicted molar refractivity (Wildman–Crippen MR) is 101 cm³/mol. The number of nitrogens with one attached hydrogen (secondary N) is 1. The van der Waals surface area contributed by atoms with Gasteiger partial charge >= 0.3 is 6.03 Å². The number of fused-ring (bicyclic) bond motifs is 3. The van der Waals surface area contributed by atoms with Gasteiger partial charge in [-0.1, -0.05) is 36.4 Å². The number of rotatable bonds is 2. The van der Waals surface area contributed by atoms with Crippen LogP contribution in [0.3, 0.4) is 0 Å². The highest BCUT2D eigenvalue weighted by atomic mass is 16.5. The van der Waals surface area contributed by atoms with Crippen molar-refractivity contribution in [3.05, 3.63) is 59.7 Å². The lowest BCUT2D eigenvalue weighted by Gasteiger charge is -2.33. The van der Waals surface area contributed by atoms with Crippen LogP contribution < -0.4 is 15.0 Å². The zero-order chi connectivity index (χ0) is 19.3. The first-order valence-corrected chi connectivity index (χ1v) is 9.35. The van der Waals surface area contributed by atoms with Gasteiger partial charge in [0, 0.05) is 24.2 Å². The Morgan fingerprint density at radius 3 is 2.79 bits per heavy atom. The molecule has 0 radical (unpaired) electrons. The third-order valence-corrected chi connectivity index (χ3v) is 5.74. The SMILES string of the molecule is O=C1NC2(CCOc3ccccc32)C(=O)N1CC(=O)N1CCc2ccccc21. The third-order valence-electron chi connectivity index (χ3n) is 5.74. The Morgan fingerprint density at radius 1 is 1.11 bits per heavy atom. The molecule has 28 heavy (non-hydrogen) atoms. The highest BCUT2D eigenvalue weighted by Gasteiger charge is 2.55. The van der Waals surface area contributed by atoms with E-state index in [0.29, 0.717) is 30.9 Å². The zero-order valence-corrected chi connectivity index (χ0v) is 15.2. The molecule has 7 heteroatoms. The Morgan fingerprint density at radius 2 is 1.89 bits per heavy atom. The number of carbonyl (C=O) groups is 3. The van der Waals surface area contributed by atoms with Crippen LogP contribution in [-0.2, 0) is 21.5 Å². The molecule has 3 heterocycles. The summed E-state index contributed by atoms with van der Waals surface area (Å²) in [6, 6.07) is 14.4. The summed E-state index contributed by atoms with van der Waals surface area (Å²) in [5.74, 6) is -0.0658. The van der Waals surface area contributed by atoms with E-state index >= 15 is 0 Å². The van der Waals surface area contributed by atoms with E-state index in [1.165, 1.54) is 0 Å². The first kappa shape index (κ1) is 16.8. The molecule has 7 nitrogen and oxygen atoms in total. The molecule has 1 atom stereocenters. The van der Waals surface area contributed by atoms with E-state index in [1.807, 2.05) is 36.4 Å². The van der Waals surface area contributed by atoms with Crippen molar-refractivity contribution in [2.24, 2.45) is 0 Å². The van der Waals surface area contributed by atoms with Gasteiger partial charge in [0.15, 0.2) is 5.54 Å². The van der Waals surface area contributed by atoms with Gasteiger partial charge in [0.2, 0.25) is 5.91 Å². The van der Waals surface area contributed by atoms with E-state index in [0.717, 1.165) is 22.6 Å². The minimum atomic E-state index is -1.16. The van der Waals surface area contributed by atoms with Crippen LogP contribution in [0.5, 0.6) is 5.75 Å². The number of carbonyl (C=O) groups excluding carboxylic acids is 3. The fraction of sp³-hybridized carbons (Fsp3) is 0.286. The smallest absolute Gasteiger partial charge is 0.325 e. The molecule has 0 saturated carbocycles. The maximum Gasteiger partial charge on any atom is 0.325 e. The lowest BCUT2D eigenvalue weighted by atomic mass is 9.84. The number of imide groups is 1. The fourth-order valence-electron chi connectivity index (χ4n) is 4.33. The number of benzene rings is 2. The summed E-state index contributed by atoms with van der Waals surface area (Å²) in [4.78, 5) is 41.5. The molecule has 1 unspecified atom stereocenters. The molecule has 1 saturated heterocycles. The number of urea groups is 1. The van der Waals surface area contributed by atoms with Crippen molar-refractivity contribution in [3.8, 4) is 5.75 Å². The van der Waals surface area contributed by atoms with Crippen LogP contribution in [0.2, 0.25) is 0 Å². The summed E-state index contributed by atoms with van der Waals surface area (Å²) in [6.07, 6.45) is 1.11. The molecule has 142 valence electrons. The molecule has 2 aromatic carbocycles. The molecule has 1 fully saturated rings. The first-order valence-electron chi connectivity index (χ1n) is 9.35. The topological polar surface area (TPSA) is 79.0 Å². The van der Waals surface area contributed by atoms with Crippen molar-refractivity contribution >= 4 is 23.5 Å². The molecule has 5 rings (SSSR count). The Kier molecular flexibility index (Phi) is 3.65. The number of hydrogen-bond acceptors (Lipinski definition) is 4. The highest BCUT2D eigenvalue weighted by Crippen LogP contribution is 2.41. The lowest BCUT2D eigenvalue weighted by Crippen LogP contribution is -2.48. The summed E-state index contributed by atoms with van der Waals surface area (Å²) >= 11 is 0. The summed E-state index contributed by atoms with van der Waals surface area (Å²) in [7, 11) is 0. The van der Waals surface area contributed by atoms with Gasteiger partial charge in [-0.3, -0.25) is 14.5 Å². The van der Waals surface area contributed by atoms with Gasteiger partial charge < -0.3 is 15.0 Å². The number of nitrogens with zero attached hydrogens (tertiary/aromatic N) is 2. The van der Waals surface area contributed by atoms with Crippen molar-refractivity contribution < 1.29 is 19.1 Å². The van der Waals surface area contributed by atoms with Gasteiger partial charge in [0.05, 0.1) is 6.61 Å². The molecular weight excluding hydrogens is 358 g/mol. The second kappa shape index (κ2) is 6.09. The van der Waals surface area contributed by atoms with Crippen LogP contribution in [-0.4, -0.2) is 42.4 Å². The zero-order valence-electron chi connectivity index (χ0n) is 15.2. The molecule has 2 aromatic rings. The van der Waals surface area contributed by atoms with E-state index < -0.39 is 17.5 Å². The van der Waals surface area contributed by atoms with Crippen molar-refractivity contribution in [1.29, 1.82) is 0 Å². The maximum absolute atomic E-state index is 13.3. The maximum atomic E-state index is 13.3. The third kappa shape index (κ3) is 2.32. The van der Waals surface area contributed by atoms with Gasteiger partial charge in [-0.25, -0.2) is 4.79 Å². The van der Waals surface area contributed by atoms with Crippen molar-refractivity contribution in [2.45, 2.75) is 18.4 Å². The van der Waals surface area contributed by atoms with Gasteiger partial charge in [-0.05, 0) is 24.1 Å². The highest BCUT2D eigenvalue weighted by molar-refractivity contribution is 6.11. The van der Waals surface area contributed by atoms with E-state index in [-0.39, 0.29) is 12.5 Å². The quantitative estimate of drug-likeness (QED) is 0.810. The van der Waals surface area contributed by atoms with Crippen molar-refractivity contribution in [3.63, 3.8) is 0 Å². The number of amides is 4. The van der Waals surface area contributed by atoms with Crippen LogP contribution in [0, 0.1) is 0 Å². The fourth-order valence-corrected chi connectivity index (χ4v) is 4.33. The summed E-state index contributed by atoms with van der Waals surface area (Å²) in [6.45, 7) is 0.609. The minimum Gasteiger partial charge on any atom is -0.493 e. The molecule has 0 aliphatic carbocycles. The van der Waals surface area contributed by atoms with Crippen molar-refractivity contribution in [2.75, 3.05) is 24.6 Å². The Balaban J connectivity index is 1.42. The van der Waals surface area contributed by atoms with Crippen molar-refractivity contribution in [1.82, 2.24) is 10.2 Å². The summed E-state index contributed by atoms with van der Waals surface area (Å²) < 4.78 is 5.63. The van der Waals surface area contributed by atoms with Crippen LogP contribution in [0.4, 0.5) is 10.5 Å². The second-order valence-corrected chi connectivity index (χ2v) is 7.25. The Bertz CT molecular complexity index is 1000. The standard InChI is InChI=1S/C21H19N3O4/c25-18(23-11-9-14-5-1-3-7-16(14)23)13-24-19(26)21(22-20(24)27)10-12-28-17-8-4-2-6-15(17)21/h1-8H,9-13H2,(H,22,27). The number of hydrogen-bond donors (Lipinski definition) is 1. The molecule has 0 aromatic heterocycles. The van der Waals surface area contributed by atoms with Gasteiger partial charge in [-0.2, -0.15) is 0 Å². The van der Waals surface area contributed by atoms with E-state index in [9.17, 15) is 14.4 Å². The average Bonchev–Trinajstić information content (AvgIpc) is 3.24. The Hall–Kier alpha value is -3.35. The van der Waals surface area contributed by atoms with Gasteiger partial charge in [0.25, 0.3) is 5.91 Å². The molecule has 3 aliphatic heterocycles. The van der Waals surface area contributed by atoms with E-state index in [4.69, 9.17) is 4.74 Å². The number of anilines is 1. The normalized spacial score (nSPS) is 22.7. The number of ether oxygens (including phenoxy) is 1. The largest absolute Gasteiger partial charge is 0.493 e. The molecule has 4 amide bonds. The summed E-state index contributed by atoms with van der Waals surface area (Å²) in [5, 5.41) is 2.83. The van der Waals surface area contributed by atoms with Crippen LogP contribution in [0.15, 0.2) is 48.5 Å². The average molecular weight is 377 g/mol. The molecule has 1 N–H and O–H groups in total. The summed E-state index contributed by atoms with van der Waals surface area (Å²) in [5.41, 5.74) is 1.43. The van der Waals surface area contributed by atoms with Gasteiger partial charge in [0.1, 0.15) is 12.3 Å².